The number of benzene rings is 1. The van der Waals surface area contributed by atoms with Crippen LogP contribution in [0.2, 0.25) is 0 Å². The Hall–Kier alpha value is -2.15. The van der Waals surface area contributed by atoms with Crippen LogP contribution >= 0.6 is 0 Å². The fraction of sp³-hybridized carbons (Fsp3) is 0.562. The summed E-state index contributed by atoms with van der Waals surface area (Å²) in [7, 11) is 0. The van der Waals surface area contributed by atoms with Crippen LogP contribution in [0.5, 0.6) is 11.5 Å². The molecule has 5 rings (SSSR count). The molecule has 120 valence electrons. The number of Topliss-reactive ketones (excluding diaryl/α,β-unsaturated/α-hetero) is 1. The van der Waals surface area contributed by atoms with E-state index in [1.807, 2.05) is 0 Å². The van der Waals surface area contributed by atoms with Gasteiger partial charge in [-0.15, -0.1) is 4.91 Å². The van der Waals surface area contributed by atoms with Crippen LogP contribution in [0.15, 0.2) is 17.4 Å². The third-order valence-corrected chi connectivity index (χ3v) is 6.33. The van der Waals surface area contributed by atoms with Crippen molar-refractivity contribution in [1.82, 2.24) is 5.01 Å². The number of nitrogens with zero attached hydrogens (tertiary/aromatic N) is 2. The quantitative estimate of drug-likeness (QED) is 0.743. The topological polar surface area (TPSA) is 99.4 Å². The summed E-state index contributed by atoms with van der Waals surface area (Å²) in [4.78, 5) is 23.7. The van der Waals surface area contributed by atoms with E-state index in [4.69, 9.17) is 4.74 Å². The lowest BCUT2D eigenvalue weighted by molar-refractivity contribution is -0.188. The van der Waals surface area contributed by atoms with E-state index in [9.17, 15) is 19.9 Å². The largest absolute Gasteiger partial charge is 0.504 e. The molecule has 2 fully saturated rings. The first-order valence-corrected chi connectivity index (χ1v) is 7.90. The van der Waals surface area contributed by atoms with Crippen molar-refractivity contribution in [2.45, 2.75) is 48.8 Å². The molecule has 2 bridgehead atoms. The standard InChI is InChI=1S/C16H16N2O5/c19-9-2-1-8-7-11-16(21)4-3-10(20)14-15(16,5-6-18(11)17-22)12(8)13(9)23-14/h1-2,11,14,19,21H,3-7H2/t11-,14?,15-,16?/m0/s1. The second-order valence-electron chi connectivity index (χ2n) is 7.02. The number of carbonyl (C=O) groups is 1. The van der Waals surface area contributed by atoms with E-state index in [0.29, 0.717) is 25.1 Å². The molecule has 4 aliphatic rings. The number of aliphatic hydroxyl groups is 1. The minimum absolute atomic E-state index is 0.00272. The second kappa shape index (κ2) is 3.84. The zero-order chi connectivity index (χ0) is 16.0. The summed E-state index contributed by atoms with van der Waals surface area (Å²) >= 11 is 0. The van der Waals surface area contributed by atoms with Crippen molar-refractivity contribution in [3.63, 3.8) is 0 Å². The van der Waals surface area contributed by atoms with Gasteiger partial charge in [0.2, 0.25) is 0 Å². The maximum atomic E-state index is 12.5. The molecule has 7 heteroatoms. The Morgan fingerprint density at radius 2 is 2.17 bits per heavy atom. The summed E-state index contributed by atoms with van der Waals surface area (Å²) in [6.45, 7) is 0.373. The van der Waals surface area contributed by atoms with Gasteiger partial charge in [0.1, 0.15) is 5.60 Å². The maximum absolute atomic E-state index is 12.5. The number of phenolic OH excluding ortho intramolecular Hbond substituents is 1. The van der Waals surface area contributed by atoms with Crippen LogP contribution in [-0.2, 0) is 16.6 Å². The number of ether oxygens (including phenoxy) is 1. The van der Waals surface area contributed by atoms with Gasteiger partial charge in [-0.2, -0.15) is 0 Å². The lowest BCUT2D eigenvalue weighted by atomic mass is 9.49. The van der Waals surface area contributed by atoms with Crippen LogP contribution in [0, 0.1) is 4.91 Å². The summed E-state index contributed by atoms with van der Waals surface area (Å²) in [6.07, 6.45) is 0.565. The molecule has 1 aromatic rings. The average molecular weight is 316 g/mol. The van der Waals surface area contributed by atoms with Crippen LogP contribution in [0.3, 0.4) is 0 Å². The summed E-state index contributed by atoms with van der Waals surface area (Å²) in [5, 5.41) is 26.3. The number of ketones is 1. The number of hydrogen-bond donors (Lipinski definition) is 2. The number of aromatic hydroxyl groups is 1. The van der Waals surface area contributed by atoms with Gasteiger partial charge in [0.05, 0.1) is 16.7 Å². The van der Waals surface area contributed by atoms with Crippen molar-refractivity contribution >= 4 is 5.78 Å². The third kappa shape index (κ3) is 1.23. The van der Waals surface area contributed by atoms with E-state index in [1.165, 1.54) is 5.01 Å². The molecule has 1 spiro atoms. The van der Waals surface area contributed by atoms with Crippen LogP contribution in [0.4, 0.5) is 0 Å². The van der Waals surface area contributed by atoms with Crippen LogP contribution in [0.25, 0.3) is 0 Å². The van der Waals surface area contributed by atoms with E-state index in [-0.39, 0.29) is 24.4 Å². The van der Waals surface area contributed by atoms with Gasteiger partial charge in [-0.25, -0.2) is 0 Å². The molecule has 0 aromatic heterocycles. The first-order chi connectivity index (χ1) is 11.0. The molecule has 1 saturated carbocycles. The molecule has 1 aromatic carbocycles. The Bertz CT molecular complexity index is 765. The SMILES string of the molecule is O=NN1CC[C@]23c4c5ccc(O)c4OC2C(=O)CCC3(O)[C@@H]1C5. The van der Waals surface area contributed by atoms with E-state index in [1.54, 1.807) is 12.1 Å². The van der Waals surface area contributed by atoms with Gasteiger partial charge in [-0.1, -0.05) is 6.07 Å². The van der Waals surface area contributed by atoms with E-state index in [0.717, 1.165) is 11.1 Å². The lowest BCUT2D eigenvalue weighted by Crippen LogP contribution is -2.75. The Morgan fingerprint density at radius 3 is 2.96 bits per heavy atom. The van der Waals surface area contributed by atoms with Crippen molar-refractivity contribution in [2.75, 3.05) is 6.54 Å². The van der Waals surface area contributed by atoms with Crippen LogP contribution < -0.4 is 4.74 Å². The predicted octanol–water partition coefficient (Wildman–Crippen LogP) is 0.797. The number of nitroso groups, excluding NO2 is 1. The minimum Gasteiger partial charge on any atom is -0.504 e. The third-order valence-electron chi connectivity index (χ3n) is 6.33. The minimum atomic E-state index is -1.25. The van der Waals surface area contributed by atoms with Crippen LogP contribution in [-0.4, -0.2) is 45.3 Å². The van der Waals surface area contributed by atoms with Gasteiger partial charge in [0.15, 0.2) is 23.4 Å². The number of phenols is 1. The highest BCUT2D eigenvalue weighted by Gasteiger charge is 2.73. The molecular weight excluding hydrogens is 300 g/mol. The summed E-state index contributed by atoms with van der Waals surface area (Å²) in [5.74, 6) is 0.272. The van der Waals surface area contributed by atoms with Crippen LogP contribution in [0.1, 0.15) is 30.4 Å². The van der Waals surface area contributed by atoms with Gasteiger partial charge >= 0.3 is 0 Å². The molecular formula is C16H16N2O5. The molecule has 2 aliphatic heterocycles. The van der Waals surface area contributed by atoms with Gasteiger partial charge in [0.25, 0.3) is 0 Å². The molecule has 1 saturated heterocycles. The molecule has 23 heavy (non-hydrogen) atoms. The van der Waals surface area contributed by atoms with Crippen molar-refractivity contribution < 1.29 is 19.7 Å². The van der Waals surface area contributed by atoms with Gasteiger partial charge in [0, 0.05) is 18.5 Å². The molecule has 2 heterocycles. The molecule has 4 atom stereocenters. The average Bonchev–Trinajstić information content (AvgIpc) is 2.89. The Morgan fingerprint density at radius 1 is 1.35 bits per heavy atom. The van der Waals surface area contributed by atoms with Gasteiger partial charge in [-0.05, 0) is 30.9 Å². The zero-order valence-corrected chi connectivity index (χ0v) is 12.4. The summed E-state index contributed by atoms with van der Waals surface area (Å²) < 4.78 is 5.87. The van der Waals surface area contributed by atoms with Gasteiger partial charge in [-0.3, -0.25) is 9.80 Å². The van der Waals surface area contributed by atoms with Crippen molar-refractivity contribution in [2.24, 2.45) is 5.29 Å². The molecule has 2 aliphatic carbocycles. The van der Waals surface area contributed by atoms with E-state index in [2.05, 4.69) is 5.29 Å². The number of rotatable bonds is 1. The predicted molar refractivity (Wildman–Crippen MR) is 78.0 cm³/mol. The number of piperidine rings is 1. The number of carbonyl (C=O) groups excluding carboxylic acids is 1. The molecule has 0 amide bonds. The first-order valence-electron chi connectivity index (χ1n) is 7.90. The molecule has 2 N–H and O–H groups in total. The monoisotopic (exact) mass is 316 g/mol. The zero-order valence-electron chi connectivity index (χ0n) is 12.4. The fourth-order valence-electron chi connectivity index (χ4n) is 5.40. The van der Waals surface area contributed by atoms with E-state index < -0.39 is 23.2 Å². The summed E-state index contributed by atoms with van der Waals surface area (Å²) in [6, 6.07) is 2.88. The Kier molecular flexibility index (Phi) is 2.22. The van der Waals surface area contributed by atoms with Crippen molar-refractivity contribution in [3.8, 4) is 11.5 Å². The highest BCUT2D eigenvalue weighted by Crippen LogP contribution is 2.64. The molecule has 2 unspecified atom stereocenters. The summed E-state index contributed by atoms with van der Waals surface area (Å²) in [5.41, 5.74) is -0.447. The Balaban J connectivity index is 1.85. The van der Waals surface area contributed by atoms with Crippen molar-refractivity contribution in [3.05, 3.63) is 28.2 Å². The highest BCUT2D eigenvalue weighted by molar-refractivity contribution is 5.90. The number of hydrogen-bond acceptors (Lipinski definition) is 6. The fourth-order valence-corrected chi connectivity index (χ4v) is 5.40. The molecule has 7 nitrogen and oxygen atoms in total. The highest BCUT2D eigenvalue weighted by atomic mass is 16.5. The normalized spacial score (nSPS) is 39.7. The maximum Gasteiger partial charge on any atom is 0.174 e. The van der Waals surface area contributed by atoms with Crippen molar-refractivity contribution in [1.29, 1.82) is 0 Å². The first kappa shape index (κ1) is 13.3. The van der Waals surface area contributed by atoms with Gasteiger partial charge < -0.3 is 14.9 Å². The lowest BCUT2D eigenvalue weighted by Gasteiger charge is -2.60. The van der Waals surface area contributed by atoms with E-state index >= 15 is 0 Å². The smallest absolute Gasteiger partial charge is 0.174 e. The molecule has 0 radical (unpaired) electrons. The second-order valence-corrected chi connectivity index (χ2v) is 7.02. The Labute approximate surface area is 131 Å².